The molecule has 0 aliphatic heterocycles. The summed E-state index contributed by atoms with van der Waals surface area (Å²) < 4.78 is 10.9. The van der Waals surface area contributed by atoms with E-state index < -0.39 is 5.97 Å². The van der Waals surface area contributed by atoms with Crippen LogP contribution >= 0.6 is 15.9 Å². The number of benzene rings is 1. The third-order valence-corrected chi connectivity index (χ3v) is 3.48. The first kappa shape index (κ1) is 16.3. The molecule has 0 radical (unpaired) electrons. The van der Waals surface area contributed by atoms with Gasteiger partial charge in [-0.1, -0.05) is 0 Å². The molecule has 1 N–H and O–H groups in total. The van der Waals surface area contributed by atoms with E-state index in [1.165, 1.54) is 19.1 Å². The fourth-order valence-corrected chi connectivity index (χ4v) is 2.13. The van der Waals surface area contributed by atoms with Gasteiger partial charge in [-0.3, -0.25) is 9.59 Å². The van der Waals surface area contributed by atoms with E-state index in [4.69, 9.17) is 14.6 Å². The summed E-state index contributed by atoms with van der Waals surface area (Å²) in [5.41, 5.74) is 0.370. The number of carbonyl (C=O) groups is 2. The standard InChI is InChI=1S/C13H16BrNO5/c1-15(5-4-11(16)17)13(18)8-6-9(19-2)12(14)10(7-8)20-3/h6-7H,4-5H2,1-3H3,(H,16,17). The first-order valence-electron chi connectivity index (χ1n) is 5.79. The molecule has 1 amide bonds. The molecule has 20 heavy (non-hydrogen) atoms. The number of methoxy groups -OCH3 is 2. The zero-order chi connectivity index (χ0) is 15.3. The number of aliphatic carboxylic acids is 1. The van der Waals surface area contributed by atoms with Crippen LogP contribution in [0.5, 0.6) is 11.5 Å². The van der Waals surface area contributed by atoms with E-state index in [0.717, 1.165) is 0 Å². The lowest BCUT2D eigenvalue weighted by Gasteiger charge is -2.18. The SMILES string of the molecule is COc1cc(C(=O)N(C)CCC(=O)O)cc(OC)c1Br. The molecule has 1 aromatic carbocycles. The van der Waals surface area contributed by atoms with Gasteiger partial charge in [-0.2, -0.15) is 0 Å². The number of carboxylic acids is 1. The Morgan fingerprint density at radius 3 is 2.15 bits per heavy atom. The van der Waals surface area contributed by atoms with Crippen molar-refractivity contribution >= 4 is 27.8 Å². The molecule has 0 aliphatic carbocycles. The Balaban J connectivity index is 3.00. The van der Waals surface area contributed by atoms with Crippen LogP contribution in [0.4, 0.5) is 0 Å². The van der Waals surface area contributed by atoms with Crippen molar-refractivity contribution in [1.82, 2.24) is 4.90 Å². The summed E-state index contributed by atoms with van der Waals surface area (Å²) in [6.07, 6.45) is -0.104. The van der Waals surface area contributed by atoms with Crippen molar-refractivity contribution in [2.24, 2.45) is 0 Å². The Hall–Kier alpha value is -1.76. The van der Waals surface area contributed by atoms with Gasteiger partial charge in [0.1, 0.15) is 16.0 Å². The molecule has 0 unspecified atom stereocenters. The van der Waals surface area contributed by atoms with E-state index in [0.29, 0.717) is 21.5 Å². The molecule has 0 aliphatic rings. The fourth-order valence-electron chi connectivity index (χ4n) is 1.58. The summed E-state index contributed by atoms with van der Waals surface area (Å²) in [6.45, 7) is 0.134. The lowest BCUT2D eigenvalue weighted by molar-refractivity contribution is -0.137. The van der Waals surface area contributed by atoms with Crippen LogP contribution in [0.1, 0.15) is 16.8 Å². The van der Waals surface area contributed by atoms with E-state index in [2.05, 4.69) is 15.9 Å². The molecule has 1 rings (SSSR count). The number of amides is 1. The molecule has 0 aromatic heterocycles. The Kier molecular flexibility index (Phi) is 5.82. The van der Waals surface area contributed by atoms with Gasteiger partial charge >= 0.3 is 5.97 Å². The van der Waals surface area contributed by atoms with Crippen molar-refractivity contribution in [3.8, 4) is 11.5 Å². The zero-order valence-corrected chi connectivity index (χ0v) is 13.1. The van der Waals surface area contributed by atoms with Gasteiger partial charge in [0.05, 0.1) is 20.6 Å². The van der Waals surface area contributed by atoms with Crippen molar-refractivity contribution in [1.29, 1.82) is 0 Å². The van der Waals surface area contributed by atoms with Crippen LogP contribution in [0.25, 0.3) is 0 Å². The molecular weight excluding hydrogens is 330 g/mol. The van der Waals surface area contributed by atoms with Crippen LogP contribution in [0.2, 0.25) is 0 Å². The molecular formula is C13H16BrNO5. The number of hydrogen-bond donors (Lipinski definition) is 1. The normalized spacial score (nSPS) is 10.0. The molecule has 110 valence electrons. The smallest absolute Gasteiger partial charge is 0.305 e. The second-order valence-electron chi connectivity index (χ2n) is 4.07. The van der Waals surface area contributed by atoms with Crippen molar-refractivity contribution in [3.05, 3.63) is 22.2 Å². The second kappa shape index (κ2) is 7.14. The Bertz CT molecular complexity index is 492. The summed E-state index contributed by atoms with van der Waals surface area (Å²) in [5.74, 6) is -0.301. The lowest BCUT2D eigenvalue weighted by atomic mass is 10.1. The Morgan fingerprint density at radius 2 is 1.75 bits per heavy atom. The summed E-state index contributed by atoms with van der Waals surface area (Å²) in [6, 6.07) is 3.15. The minimum absolute atomic E-state index is 0.104. The van der Waals surface area contributed by atoms with Crippen LogP contribution in [-0.2, 0) is 4.79 Å². The molecule has 6 nitrogen and oxygen atoms in total. The monoisotopic (exact) mass is 345 g/mol. The minimum Gasteiger partial charge on any atom is -0.495 e. The summed E-state index contributed by atoms with van der Waals surface area (Å²) >= 11 is 3.32. The van der Waals surface area contributed by atoms with Gasteiger partial charge in [0.25, 0.3) is 5.91 Å². The van der Waals surface area contributed by atoms with Gasteiger partial charge in [0.2, 0.25) is 0 Å². The van der Waals surface area contributed by atoms with Crippen molar-refractivity contribution < 1.29 is 24.2 Å². The molecule has 0 spiro atoms. The minimum atomic E-state index is -0.949. The number of nitrogens with zero attached hydrogens (tertiary/aromatic N) is 1. The van der Waals surface area contributed by atoms with Crippen LogP contribution in [0.3, 0.4) is 0 Å². The van der Waals surface area contributed by atoms with Gasteiger partial charge in [-0.15, -0.1) is 0 Å². The van der Waals surface area contributed by atoms with E-state index in [-0.39, 0.29) is 18.9 Å². The number of halogens is 1. The van der Waals surface area contributed by atoms with Crippen molar-refractivity contribution in [3.63, 3.8) is 0 Å². The maximum atomic E-state index is 12.2. The number of carbonyl (C=O) groups excluding carboxylic acids is 1. The first-order chi connectivity index (χ1) is 9.40. The Labute approximate surface area is 125 Å². The average molecular weight is 346 g/mol. The molecule has 1 aromatic rings. The topological polar surface area (TPSA) is 76.1 Å². The summed E-state index contributed by atoms with van der Waals surface area (Å²) in [5, 5.41) is 8.63. The van der Waals surface area contributed by atoms with Gasteiger partial charge in [-0.05, 0) is 28.1 Å². The average Bonchev–Trinajstić information content (AvgIpc) is 2.44. The van der Waals surface area contributed by atoms with Crippen molar-refractivity contribution in [2.75, 3.05) is 27.8 Å². The van der Waals surface area contributed by atoms with Gasteiger partial charge in [0.15, 0.2) is 0 Å². The van der Waals surface area contributed by atoms with E-state index in [1.54, 1.807) is 19.2 Å². The lowest BCUT2D eigenvalue weighted by Crippen LogP contribution is -2.29. The first-order valence-corrected chi connectivity index (χ1v) is 6.58. The van der Waals surface area contributed by atoms with E-state index in [9.17, 15) is 9.59 Å². The predicted octanol–water partition coefficient (Wildman–Crippen LogP) is 2.01. The van der Waals surface area contributed by atoms with Gasteiger partial charge in [-0.25, -0.2) is 0 Å². The number of ether oxygens (including phenoxy) is 2. The predicted molar refractivity (Wildman–Crippen MR) is 76.5 cm³/mol. The second-order valence-corrected chi connectivity index (χ2v) is 4.86. The third kappa shape index (κ3) is 3.86. The third-order valence-electron chi connectivity index (χ3n) is 2.70. The number of rotatable bonds is 6. The summed E-state index contributed by atoms with van der Waals surface area (Å²) in [7, 11) is 4.52. The highest BCUT2D eigenvalue weighted by atomic mass is 79.9. The largest absolute Gasteiger partial charge is 0.495 e. The highest BCUT2D eigenvalue weighted by Crippen LogP contribution is 2.35. The highest BCUT2D eigenvalue weighted by molar-refractivity contribution is 9.10. The maximum absolute atomic E-state index is 12.2. The highest BCUT2D eigenvalue weighted by Gasteiger charge is 2.18. The molecule has 0 heterocycles. The molecule has 0 saturated heterocycles. The number of carboxylic acid groups (broad SMARTS) is 1. The van der Waals surface area contributed by atoms with Crippen molar-refractivity contribution in [2.45, 2.75) is 6.42 Å². The molecule has 0 bridgehead atoms. The Morgan fingerprint density at radius 1 is 1.25 bits per heavy atom. The number of hydrogen-bond acceptors (Lipinski definition) is 4. The molecule has 0 fully saturated rings. The van der Waals surface area contributed by atoms with Crippen LogP contribution in [-0.4, -0.2) is 49.7 Å². The fraction of sp³-hybridized carbons (Fsp3) is 0.385. The maximum Gasteiger partial charge on any atom is 0.305 e. The molecule has 0 atom stereocenters. The zero-order valence-electron chi connectivity index (χ0n) is 11.5. The van der Waals surface area contributed by atoms with Gasteiger partial charge in [0, 0.05) is 19.2 Å². The van der Waals surface area contributed by atoms with Gasteiger partial charge < -0.3 is 19.5 Å². The van der Waals surface area contributed by atoms with Crippen LogP contribution < -0.4 is 9.47 Å². The van der Waals surface area contributed by atoms with Crippen LogP contribution in [0.15, 0.2) is 16.6 Å². The van der Waals surface area contributed by atoms with E-state index in [1.807, 2.05) is 0 Å². The summed E-state index contributed by atoms with van der Waals surface area (Å²) in [4.78, 5) is 24.1. The van der Waals surface area contributed by atoms with Crippen LogP contribution in [0, 0.1) is 0 Å². The molecule has 0 saturated carbocycles. The molecule has 7 heteroatoms. The quantitative estimate of drug-likeness (QED) is 0.853. The van der Waals surface area contributed by atoms with E-state index >= 15 is 0 Å².